The maximum Gasteiger partial charge on any atom is 0.103 e. The zero-order valence-electron chi connectivity index (χ0n) is 7.42. The average molecular weight is 228 g/mol. The van der Waals surface area contributed by atoms with Gasteiger partial charge in [-0.15, -0.1) is 0 Å². The molecule has 0 aromatic heterocycles. The predicted octanol–water partition coefficient (Wildman–Crippen LogP) is 3.50. The number of benzene rings is 1. The second-order valence-corrected chi connectivity index (χ2v) is 3.35. The molecule has 0 saturated carbocycles. The van der Waals surface area contributed by atoms with E-state index in [2.05, 4.69) is 0 Å². The van der Waals surface area contributed by atoms with Gasteiger partial charge in [-0.1, -0.05) is 29.3 Å². The molecule has 2 nitrogen and oxygen atoms in total. The third kappa shape index (κ3) is 2.41. The van der Waals surface area contributed by atoms with E-state index in [0.29, 0.717) is 21.2 Å². The standard InChI is InChI=1S/C10H7Cl2NO/c1-14-6-7(5-13)9-3-2-8(11)4-10(9)12/h2-4,6H,1H3/b7-6-. The first-order chi connectivity index (χ1) is 6.69. The molecule has 0 aliphatic carbocycles. The molecule has 0 amide bonds. The van der Waals surface area contributed by atoms with Crippen LogP contribution in [0.1, 0.15) is 5.56 Å². The quantitative estimate of drug-likeness (QED) is 0.573. The lowest BCUT2D eigenvalue weighted by atomic mass is 10.1. The first-order valence-corrected chi connectivity index (χ1v) is 4.53. The van der Waals surface area contributed by atoms with Crippen molar-refractivity contribution in [3.05, 3.63) is 40.1 Å². The van der Waals surface area contributed by atoms with Crippen LogP contribution >= 0.6 is 23.2 Å². The first kappa shape index (κ1) is 10.9. The SMILES string of the molecule is CO/C=C(/C#N)c1ccc(Cl)cc1Cl. The predicted molar refractivity (Wildman–Crippen MR) is 57.1 cm³/mol. The highest BCUT2D eigenvalue weighted by Gasteiger charge is 2.06. The third-order valence-electron chi connectivity index (χ3n) is 1.58. The zero-order chi connectivity index (χ0) is 10.6. The lowest BCUT2D eigenvalue weighted by Crippen LogP contribution is -1.84. The van der Waals surface area contributed by atoms with E-state index in [-0.39, 0.29) is 0 Å². The van der Waals surface area contributed by atoms with Gasteiger partial charge in [0.05, 0.1) is 17.7 Å². The summed E-state index contributed by atoms with van der Waals surface area (Å²) in [5.74, 6) is 0. The van der Waals surface area contributed by atoms with E-state index in [9.17, 15) is 0 Å². The Labute approximate surface area is 92.3 Å². The van der Waals surface area contributed by atoms with Crippen molar-refractivity contribution >= 4 is 28.8 Å². The molecular formula is C10H7Cl2NO. The summed E-state index contributed by atoms with van der Waals surface area (Å²) in [6.07, 6.45) is 1.34. The number of hydrogen-bond donors (Lipinski definition) is 0. The fourth-order valence-electron chi connectivity index (χ4n) is 0.976. The van der Waals surface area contributed by atoms with Gasteiger partial charge in [-0.25, -0.2) is 0 Å². The molecular weight excluding hydrogens is 221 g/mol. The lowest BCUT2D eigenvalue weighted by molar-refractivity contribution is 0.340. The summed E-state index contributed by atoms with van der Waals surface area (Å²) >= 11 is 11.6. The molecule has 0 aliphatic heterocycles. The molecule has 0 fully saturated rings. The van der Waals surface area contributed by atoms with Crippen molar-refractivity contribution in [2.24, 2.45) is 0 Å². The Morgan fingerprint density at radius 2 is 2.21 bits per heavy atom. The number of rotatable bonds is 2. The van der Waals surface area contributed by atoms with E-state index in [4.69, 9.17) is 33.2 Å². The maximum atomic E-state index is 8.81. The third-order valence-corrected chi connectivity index (χ3v) is 2.13. The minimum Gasteiger partial charge on any atom is -0.503 e. The summed E-state index contributed by atoms with van der Waals surface area (Å²) in [4.78, 5) is 0. The Morgan fingerprint density at radius 3 is 2.71 bits per heavy atom. The molecule has 0 atom stereocenters. The van der Waals surface area contributed by atoms with Gasteiger partial charge in [0, 0.05) is 10.6 Å². The number of methoxy groups -OCH3 is 1. The van der Waals surface area contributed by atoms with E-state index in [1.54, 1.807) is 18.2 Å². The van der Waals surface area contributed by atoms with Crippen LogP contribution in [0.25, 0.3) is 5.57 Å². The molecule has 14 heavy (non-hydrogen) atoms. The van der Waals surface area contributed by atoms with Gasteiger partial charge in [0.2, 0.25) is 0 Å². The van der Waals surface area contributed by atoms with Crippen LogP contribution in [0.5, 0.6) is 0 Å². The van der Waals surface area contributed by atoms with Crippen molar-refractivity contribution in [2.45, 2.75) is 0 Å². The molecule has 1 rings (SSSR count). The number of nitriles is 1. The van der Waals surface area contributed by atoms with Crippen molar-refractivity contribution in [1.29, 1.82) is 5.26 Å². The summed E-state index contributed by atoms with van der Waals surface area (Å²) < 4.78 is 4.76. The monoisotopic (exact) mass is 227 g/mol. The molecule has 0 heterocycles. The number of nitrogens with zero attached hydrogens (tertiary/aromatic N) is 1. The van der Waals surface area contributed by atoms with Gasteiger partial charge in [0.25, 0.3) is 0 Å². The Bertz CT molecular complexity index is 407. The number of hydrogen-bond acceptors (Lipinski definition) is 2. The van der Waals surface area contributed by atoms with Crippen LogP contribution in [-0.4, -0.2) is 7.11 Å². The maximum absolute atomic E-state index is 8.81. The highest BCUT2D eigenvalue weighted by atomic mass is 35.5. The molecule has 0 unspecified atom stereocenters. The van der Waals surface area contributed by atoms with Gasteiger partial charge in [-0.05, 0) is 12.1 Å². The normalized spacial score (nSPS) is 10.9. The fourth-order valence-corrected chi connectivity index (χ4v) is 1.49. The first-order valence-electron chi connectivity index (χ1n) is 3.77. The van der Waals surface area contributed by atoms with Gasteiger partial charge >= 0.3 is 0 Å². The minimum absolute atomic E-state index is 0.370. The van der Waals surface area contributed by atoms with Crippen LogP contribution in [-0.2, 0) is 4.74 Å². The average Bonchev–Trinajstić information content (AvgIpc) is 2.15. The highest BCUT2D eigenvalue weighted by Crippen LogP contribution is 2.26. The fraction of sp³-hybridized carbons (Fsp3) is 0.100. The van der Waals surface area contributed by atoms with E-state index < -0.39 is 0 Å². The molecule has 0 bridgehead atoms. The summed E-state index contributed by atoms with van der Waals surface area (Å²) in [6, 6.07) is 6.92. The molecule has 72 valence electrons. The van der Waals surface area contributed by atoms with Gasteiger partial charge in [-0.3, -0.25) is 0 Å². The molecule has 1 aromatic carbocycles. The number of ether oxygens (including phenoxy) is 1. The van der Waals surface area contributed by atoms with E-state index >= 15 is 0 Å². The largest absolute Gasteiger partial charge is 0.503 e. The summed E-state index contributed by atoms with van der Waals surface area (Å²) in [7, 11) is 1.47. The van der Waals surface area contributed by atoms with Gasteiger partial charge in [0.1, 0.15) is 12.3 Å². The Hall–Kier alpha value is -1.17. The molecule has 0 radical (unpaired) electrons. The molecule has 0 aliphatic rings. The second-order valence-electron chi connectivity index (χ2n) is 2.50. The molecule has 1 aromatic rings. The van der Waals surface area contributed by atoms with Crippen LogP contribution in [0, 0.1) is 11.3 Å². The zero-order valence-corrected chi connectivity index (χ0v) is 8.93. The van der Waals surface area contributed by atoms with Crippen LogP contribution < -0.4 is 0 Å². The summed E-state index contributed by atoms with van der Waals surface area (Å²) in [5.41, 5.74) is 0.981. The van der Waals surface area contributed by atoms with Crippen molar-refractivity contribution in [1.82, 2.24) is 0 Å². The molecule has 0 saturated heterocycles. The molecule has 0 N–H and O–H groups in total. The minimum atomic E-state index is 0.370. The smallest absolute Gasteiger partial charge is 0.103 e. The topological polar surface area (TPSA) is 33.0 Å². The number of allylic oxidation sites excluding steroid dienone is 1. The van der Waals surface area contributed by atoms with Crippen LogP contribution in [0.3, 0.4) is 0 Å². The van der Waals surface area contributed by atoms with Gasteiger partial charge in [0.15, 0.2) is 0 Å². The Balaban J connectivity index is 3.19. The van der Waals surface area contributed by atoms with Crippen LogP contribution in [0.2, 0.25) is 10.0 Å². The van der Waals surface area contributed by atoms with Crippen molar-refractivity contribution in [2.75, 3.05) is 7.11 Å². The lowest BCUT2D eigenvalue weighted by Gasteiger charge is -2.02. The second kappa shape index (κ2) is 4.90. The van der Waals surface area contributed by atoms with Crippen LogP contribution in [0.4, 0.5) is 0 Å². The van der Waals surface area contributed by atoms with Crippen LogP contribution in [0.15, 0.2) is 24.5 Å². The van der Waals surface area contributed by atoms with E-state index in [1.807, 2.05) is 6.07 Å². The summed E-state index contributed by atoms with van der Waals surface area (Å²) in [5, 5.41) is 9.78. The van der Waals surface area contributed by atoms with Crippen molar-refractivity contribution in [3.63, 3.8) is 0 Å². The van der Waals surface area contributed by atoms with Gasteiger partial charge < -0.3 is 4.74 Å². The number of halogens is 2. The van der Waals surface area contributed by atoms with E-state index in [1.165, 1.54) is 13.4 Å². The van der Waals surface area contributed by atoms with Crippen molar-refractivity contribution in [3.8, 4) is 6.07 Å². The van der Waals surface area contributed by atoms with E-state index in [0.717, 1.165) is 0 Å². The summed E-state index contributed by atoms with van der Waals surface area (Å²) in [6.45, 7) is 0. The highest BCUT2D eigenvalue weighted by molar-refractivity contribution is 6.35. The van der Waals surface area contributed by atoms with Gasteiger partial charge in [-0.2, -0.15) is 5.26 Å². The molecule has 4 heteroatoms. The molecule has 0 spiro atoms. The Kier molecular flexibility index (Phi) is 3.82. The Morgan fingerprint density at radius 1 is 1.50 bits per heavy atom. The van der Waals surface area contributed by atoms with Crippen molar-refractivity contribution < 1.29 is 4.74 Å².